The maximum atomic E-state index is 12.5. The van der Waals surface area contributed by atoms with E-state index in [0.717, 1.165) is 13.3 Å². The van der Waals surface area contributed by atoms with Crippen LogP contribution in [0.1, 0.15) is 22.3 Å². The Morgan fingerprint density at radius 1 is 1.67 bits per heavy atom. The maximum absolute atomic E-state index is 12.5. The van der Waals surface area contributed by atoms with Crippen LogP contribution in [-0.2, 0) is 0 Å². The summed E-state index contributed by atoms with van der Waals surface area (Å²) in [6.45, 7) is 0. The lowest BCUT2D eigenvalue weighted by Crippen LogP contribution is -2.08. The van der Waals surface area contributed by atoms with Gasteiger partial charge in [0, 0.05) is 6.20 Å². The smallest absolute Gasteiger partial charge is 0.341 e. The molecule has 0 aliphatic rings. The number of ether oxygens (including phenoxy) is 1. The number of aromatic carboxylic acids is 1. The molecule has 3 N–H and O–H groups in total. The van der Waals surface area contributed by atoms with Gasteiger partial charge < -0.3 is 15.6 Å². The van der Waals surface area contributed by atoms with Crippen molar-refractivity contribution in [3.05, 3.63) is 17.3 Å². The van der Waals surface area contributed by atoms with Crippen molar-refractivity contribution in [2.75, 3.05) is 12.8 Å². The summed E-state index contributed by atoms with van der Waals surface area (Å²) >= 11 is 0. The van der Waals surface area contributed by atoms with E-state index in [1.165, 1.54) is 0 Å². The van der Waals surface area contributed by atoms with Crippen molar-refractivity contribution in [3.8, 4) is 5.75 Å². The normalized spacial score (nSPS) is 10.4. The molecule has 0 unspecified atom stereocenters. The fourth-order valence-electron chi connectivity index (χ4n) is 1.11. The highest BCUT2D eigenvalue weighted by Gasteiger charge is 2.24. The van der Waals surface area contributed by atoms with E-state index in [9.17, 15) is 13.6 Å². The van der Waals surface area contributed by atoms with Gasteiger partial charge >= 0.3 is 5.97 Å². The van der Waals surface area contributed by atoms with Crippen LogP contribution in [0.4, 0.5) is 14.6 Å². The minimum Gasteiger partial charge on any atom is -0.495 e. The predicted octanol–water partition coefficient (Wildman–Crippen LogP) is 1.31. The lowest BCUT2D eigenvalue weighted by Gasteiger charge is -2.11. The number of anilines is 1. The Morgan fingerprint density at radius 3 is 2.67 bits per heavy atom. The SMILES string of the molecule is COc1c(C(=O)O)cnc(N)c1C(F)F. The van der Waals surface area contributed by atoms with E-state index in [1.807, 2.05) is 0 Å². The number of halogens is 2. The van der Waals surface area contributed by atoms with Gasteiger partial charge in [0.1, 0.15) is 22.7 Å². The van der Waals surface area contributed by atoms with E-state index in [1.54, 1.807) is 0 Å². The maximum Gasteiger partial charge on any atom is 0.341 e. The highest BCUT2D eigenvalue weighted by atomic mass is 19.3. The molecule has 15 heavy (non-hydrogen) atoms. The molecule has 0 bridgehead atoms. The van der Waals surface area contributed by atoms with Gasteiger partial charge in [0.2, 0.25) is 0 Å². The lowest BCUT2D eigenvalue weighted by atomic mass is 10.1. The van der Waals surface area contributed by atoms with Crippen LogP contribution >= 0.6 is 0 Å². The van der Waals surface area contributed by atoms with Crippen molar-refractivity contribution >= 4 is 11.8 Å². The average molecular weight is 218 g/mol. The molecule has 5 nitrogen and oxygen atoms in total. The largest absolute Gasteiger partial charge is 0.495 e. The van der Waals surface area contributed by atoms with Gasteiger partial charge in [-0.15, -0.1) is 0 Å². The number of hydrogen-bond donors (Lipinski definition) is 2. The number of nitrogen functional groups attached to an aromatic ring is 1. The predicted molar refractivity (Wildman–Crippen MR) is 47.1 cm³/mol. The zero-order valence-electron chi connectivity index (χ0n) is 7.70. The molecule has 1 aromatic heterocycles. The van der Waals surface area contributed by atoms with Gasteiger partial charge in [-0.25, -0.2) is 18.6 Å². The van der Waals surface area contributed by atoms with Crippen LogP contribution in [0.25, 0.3) is 0 Å². The van der Waals surface area contributed by atoms with Gasteiger partial charge in [-0.05, 0) is 0 Å². The number of carbonyl (C=O) groups is 1. The second kappa shape index (κ2) is 4.07. The van der Waals surface area contributed by atoms with Gasteiger partial charge in [-0.2, -0.15) is 0 Å². The van der Waals surface area contributed by atoms with Crippen LogP contribution in [0.3, 0.4) is 0 Å². The van der Waals surface area contributed by atoms with Crippen LogP contribution in [0, 0.1) is 0 Å². The summed E-state index contributed by atoms with van der Waals surface area (Å²) in [6, 6.07) is 0. The summed E-state index contributed by atoms with van der Waals surface area (Å²) in [5, 5.41) is 8.69. The van der Waals surface area contributed by atoms with Gasteiger partial charge in [-0.3, -0.25) is 0 Å². The van der Waals surface area contributed by atoms with E-state index in [2.05, 4.69) is 9.72 Å². The molecule has 0 fully saturated rings. The van der Waals surface area contributed by atoms with Crippen molar-refractivity contribution in [1.82, 2.24) is 4.98 Å². The Kier molecular flexibility index (Phi) is 3.03. The van der Waals surface area contributed by atoms with Crippen molar-refractivity contribution in [2.45, 2.75) is 6.43 Å². The van der Waals surface area contributed by atoms with E-state index < -0.39 is 35.1 Å². The number of aromatic nitrogens is 1. The topological polar surface area (TPSA) is 85.4 Å². The Bertz CT molecular complexity index is 396. The van der Waals surface area contributed by atoms with Crippen molar-refractivity contribution in [2.24, 2.45) is 0 Å². The van der Waals surface area contributed by atoms with Crippen molar-refractivity contribution in [1.29, 1.82) is 0 Å². The number of pyridine rings is 1. The number of nitrogens with zero attached hydrogens (tertiary/aromatic N) is 1. The standard InChI is InChI=1S/C8H8F2N2O3/c1-15-5-3(8(13)14)2-12-7(11)4(5)6(9)10/h2,6H,1H3,(H2,11,12)(H,13,14). The minimum absolute atomic E-state index is 0.438. The van der Waals surface area contributed by atoms with E-state index >= 15 is 0 Å². The van der Waals surface area contributed by atoms with Crippen LogP contribution in [-0.4, -0.2) is 23.2 Å². The molecule has 1 rings (SSSR count). The monoisotopic (exact) mass is 218 g/mol. The van der Waals surface area contributed by atoms with Gasteiger partial charge in [-0.1, -0.05) is 0 Å². The van der Waals surface area contributed by atoms with E-state index in [-0.39, 0.29) is 0 Å². The van der Waals surface area contributed by atoms with Crippen LogP contribution in [0.5, 0.6) is 5.75 Å². The first-order valence-corrected chi connectivity index (χ1v) is 3.82. The Balaban J connectivity index is 3.47. The number of alkyl halides is 2. The third-order valence-corrected chi connectivity index (χ3v) is 1.75. The molecule has 0 saturated heterocycles. The Morgan fingerprint density at radius 2 is 2.27 bits per heavy atom. The van der Waals surface area contributed by atoms with Gasteiger partial charge in [0.15, 0.2) is 0 Å². The van der Waals surface area contributed by atoms with Crippen molar-refractivity contribution in [3.63, 3.8) is 0 Å². The molecular weight excluding hydrogens is 210 g/mol. The average Bonchev–Trinajstić information content (AvgIpc) is 2.15. The third-order valence-electron chi connectivity index (χ3n) is 1.75. The highest BCUT2D eigenvalue weighted by Crippen LogP contribution is 2.35. The summed E-state index contributed by atoms with van der Waals surface area (Å²) < 4.78 is 29.7. The fraction of sp³-hybridized carbons (Fsp3) is 0.250. The Labute approximate surface area is 83.5 Å². The summed E-state index contributed by atoms with van der Waals surface area (Å²) in [5.74, 6) is -2.29. The van der Waals surface area contributed by atoms with Crippen LogP contribution < -0.4 is 10.5 Å². The number of carboxylic acids is 1. The molecule has 0 atom stereocenters. The number of nitrogens with two attached hydrogens (primary N) is 1. The molecule has 0 aliphatic carbocycles. The minimum atomic E-state index is -2.94. The quantitative estimate of drug-likeness (QED) is 0.798. The first-order chi connectivity index (χ1) is 6.99. The number of rotatable bonds is 3. The number of methoxy groups -OCH3 is 1. The second-order valence-corrected chi connectivity index (χ2v) is 2.61. The molecule has 1 aromatic rings. The molecule has 0 aliphatic heterocycles. The molecule has 0 saturated carbocycles. The number of carboxylic acid groups (broad SMARTS) is 1. The van der Waals surface area contributed by atoms with E-state index in [0.29, 0.717) is 0 Å². The fourth-order valence-corrected chi connectivity index (χ4v) is 1.11. The summed E-state index contributed by atoms with van der Waals surface area (Å²) in [4.78, 5) is 14.0. The van der Waals surface area contributed by atoms with Crippen LogP contribution in [0.2, 0.25) is 0 Å². The first kappa shape index (κ1) is 11.2. The molecular formula is C8H8F2N2O3. The Hall–Kier alpha value is -1.92. The zero-order valence-corrected chi connectivity index (χ0v) is 7.70. The lowest BCUT2D eigenvalue weighted by molar-refractivity contribution is 0.0691. The highest BCUT2D eigenvalue weighted by molar-refractivity contribution is 5.91. The molecule has 0 amide bonds. The van der Waals surface area contributed by atoms with Crippen LogP contribution in [0.15, 0.2) is 6.20 Å². The van der Waals surface area contributed by atoms with Gasteiger partial charge in [0.25, 0.3) is 6.43 Å². The molecule has 0 spiro atoms. The summed E-state index contributed by atoms with van der Waals surface area (Å²) in [7, 11) is 1.09. The number of hydrogen-bond acceptors (Lipinski definition) is 4. The molecule has 82 valence electrons. The molecule has 0 radical (unpaired) electrons. The van der Waals surface area contributed by atoms with Crippen molar-refractivity contribution < 1.29 is 23.4 Å². The molecule has 0 aromatic carbocycles. The van der Waals surface area contributed by atoms with Gasteiger partial charge in [0.05, 0.1) is 7.11 Å². The molecule has 7 heteroatoms. The van der Waals surface area contributed by atoms with E-state index in [4.69, 9.17) is 10.8 Å². The summed E-state index contributed by atoms with van der Waals surface area (Å²) in [6.07, 6.45) is -2.06. The third kappa shape index (κ3) is 1.95. The molecule has 1 heterocycles. The summed E-state index contributed by atoms with van der Waals surface area (Å²) in [5.41, 5.74) is 4.06. The zero-order chi connectivity index (χ0) is 11.6. The second-order valence-electron chi connectivity index (χ2n) is 2.61. The first-order valence-electron chi connectivity index (χ1n) is 3.82.